The fraction of sp³-hybridized carbons (Fsp3) is 0.263. The van der Waals surface area contributed by atoms with Crippen LogP contribution in [-0.4, -0.2) is 33.0 Å². The fourth-order valence-corrected chi connectivity index (χ4v) is 3.36. The summed E-state index contributed by atoms with van der Waals surface area (Å²) in [6.45, 7) is 4.80. The Balaban J connectivity index is 2.21. The maximum Gasteiger partial charge on any atom is 0.245 e. The molecule has 0 saturated carbocycles. The molecule has 0 heterocycles. The maximum atomic E-state index is 12.4. The molecule has 0 atom stereocenters. The first-order chi connectivity index (χ1) is 12.6. The van der Waals surface area contributed by atoms with Crippen molar-refractivity contribution in [2.75, 3.05) is 27.7 Å². The second-order valence-electron chi connectivity index (χ2n) is 6.36. The lowest BCUT2D eigenvalue weighted by Crippen LogP contribution is -2.37. The standard InChI is InChI=1S/C19H23N3O4S/c1-13-5-6-14(2)18(11-13)21-19(24)12-22(27(4,25)26)17-9-7-16(8-10-17)20-15(3)23/h5-11H,12H2,1-4H3,(H,20,23)(H,21,24). The number of hydrogen-bond donors (Lipinski definition) is 2. The van der Waals surface area contributed by atoms with Crippen LogP contribution in [0.5, 0.6) is 0 Å². The third kappa shape index (κ3) is 5.82. The zero-order chi connectivity index (χ0) is 20.2. The topological polar surface area (TPSA) is 95.6 Å². The van der Waals surface area contributed by atoms with E-state index >= 15 is 0 Å². The molecule has 0 radical (unpaired) electrons. The summed E-state index contributed by atoms with van der Waals surface area (Å²) in [4.78, 5) is 23.5. The second-order valence-corrected chi connectivity index (χ2v) is 8.27. The van der Waals surface area contributed by atoms with Crippen molar-refractivity contribution >= 4 is 38.9 Å². The fourth-order valence-electron chi connectivity index (χ4n) is 2.50. The quantitative estimate of drug-likeness (QED) is 0.794. The van der Waals surface area contributed by atoms with Crippen molar-refractivity contribution in [2.45, 2.75) is 20.8 Å². The average molecular weight is 389 g/mol. The number of nitrogens with zero attached hydrogens (tertiary/aromatic N) is 1. The summed E-state index contributed by atoms with van der Waals surface area (Å²) < 4.78 is 25.4. The number of carbonyl (C=O) groups is 2. The van der Waals surface area contributed by atoms with Crippen LogP contribution >= 0.6 is 0 Å². The van der Waals surface area contributed by atoms with Gasteiger partial charge in [0.25, 0.3) is 0 Å². The molecule has 0 unspecified atom stereocenters. The highest BCUT2D eigenvalue weighted by Crippen LogP contribution is 2.21. The number of amides is 2. The van der Waals surface area contributed by atoms with Gasteiger partial charge in [-0.25, -0.2) is 8.42 Å². The summed E-state index contributed by atoms with van der Waals surface area (Å²) in [6.07, 6.45) is 1.04. The highest BCUT2D eigenvalue weighted by molar-refractivity contribution is 7.92. The molecule has 0 saturated heterocycles. The largest absolute Gasteiger partial charge is 0.326 e. The van der Waals surface area contributed by atoms with Crippen LogP contribution in [0.25, 0.3) is 0 Å². The van der Waals surface area contributed by atoms with E-state index < -0.39 is 15.9 Å². The van der Waals surface area contributed by atoms with Crippen LogP contribution in [0.3, 0.4) is 0 Å². The van der Waals surface area contributed by atoms with Gasteiger partial charge in [-0.2, -0.15) is 0 Å². The Morgan fingerprint density at radius 1 is 1.00 bits per heavy atom. The number of hydrogen-bond acceptors (Lipinski definition) is 4. The van der Waals surface area contributed by atoms with Gasteiger partial charge in [-0.15, -0.1) is 0 Å². The van der Waals surface area contributed by atoms with Crippen molar-refractivity contribution < 1.29 is 18.0 Å². The van der Waals surface area contributed by atoms with E-state index in [1.807, 2.05) is 32.0 Å². The van der Waals surface area contributed by atoms with Gasteiger partial charge in [0, 0.05) is 18.3 Å². The number of aryl methyl sites for hydroxylation is 2. The zero-order valence-corrected chi connectivity index (χ0v) is 16.6. The Bertz CT molecular complexity index is 953. The normalized spacial score (nSPS) is 11.0. The van der Waals surface area contributed by atoms with Crippen LogP contribution in [0.4, 0.5) is 17.1 Å². The van der Waals surface area contributed by atoms with Crippen LogP contribution in [-0.2, 0) is 19.6 Å². The molecular weight excluding hydrogens is 366 g/mol. The number of carbonyl (C=O) groups excluding carboxylic acids is 2. The SMILES string of the molecule is CC(=O)Nc1ccc(N(CC(=O)Nc2cc(C)ccc2C)S(C)(=O)=O)cc1. The van der Waals surface area contributed by atoms with Gasteiger partial charge in [0.05, 0.1) is 11.9 Å². The molecule has 0 aromatic heterocycles. The van der Waals surface area contributed by atoms with Crippen molar-refractivity contribution in [1.82, 2.24) is 0 Å². The first kappa shape index (κ1) is 20.4. The first-order valence-electron chi connectivity index (χ1n) is 8.29. The molecule has 0 aliphatic heterocycles. The molecule has 0 aliphatic carbocycles. The van der Waals surface area contributed by atoms with Gasteiger partial charge in [0.1, 0.15) is 6.54 Å². The van der Waals surface area contributed by atoms with E-state index in [0.717, 1.165) is 21.7 Å². The predicted molar refractivity (Wildman–Crippen MR) is 107 cm³/mol. The molecule has 0 bridgehead atoms. The van der Waals surface area contributed by atoms with E-state index in [1.165, 1.54) is 19.1 Å². The molecule has 2 amide bonds. The molecule has 8 heteroatoms. The van der Waals surface area contributed by atoms with E-state index in [0.29, 0.717) is 17.1 Å². The Morgan fingerprint density at radius 3 is 2.19 bits per heavy atom. The van der Waals surface area contributed by atoms with Crippen molar-refractivity contribution in [3.05, 3.63) is 53.6 Å². The van der Waals surface area contributed by atoms with Crippen LogP contribution < -0.4 is 14.9 Å². The number of sulfonamides is 1. The van der Waals surface area contributed by atoms with E-state index in [4.69, 9.17) is 0 Å². The Hall–Kier alpha value is -2.87. The highest BCUT2D eigenvalue weighted by atomic mass is 32.2. The van der Waals surface area contributed by atoms with E-state index in [2.05, 4.69) is 10.6 Å². The molecule has 2 aromatic rings. The molecule has 27 heavy (non-hydrogen) atoms. The monoisotopic (exact) mass is 389 g/mol. The summed E-state index contributed by atoms with van der Waals surface area (Å²) >= 11 is 0. The summed E-state index contributed by atoms with van der Waals surface area (Å²) in [5.41, 5.74) is 3.40. The second kappa shape index (κ2) is 8.22. The third-order valence-electron chi connectivity index (χ3n) is 3.83. The smallest absolute Gasteiger partial charge is 0.245 e. The molecule has 7 nitrogen and oxygen atoms in total. The van der Waals surface area contributed by atoms with Crippen LogP contribution in [0.1, 0.15) is 18.1 Å². The molecule has 2 aromatic carbocycles. The predicted octanol–water partition coefficient (Wildman–Crippen LogP) is 2.67. The molecule has 2 N–H and O–H groups in total. The summed E-state index contributed by atoms with van der Waals surface area (Å²) in [6, 6.07) is 11.9. The first-order valence-corrected chi connectivity index (χ1v) is 10.1. The lowest BCUT2D eigenvalue weighted by molar-refractivity contribution is -0.115. The lowest BCUT2D eigenvalue weighted by atomic mass is 10.1. The summed E-state index contributed by atoms with van der Waals surface area (Å²) in [7, 11) is -3.67. The van der Waals surface area contributed by atoms with Gasteiger partial charge >= 0.3 is 0 Å². The van der Waals surface area contributed by atoms with Gasteiger partial charge in [0.2, 0.25) is 21.8 Å². The van der Waals surface area contributed by atoms with E-state index in [-0.39, 0.29) is 12.5 Å². The highest BCUT2D eigenvalue weighted by Gasteiger charge is 2.21. The molecule has 0 spiro atoms. The van der Waals surface area contributed by atoms with Crippen molar-refractivity contribution in [3.8, 4) is 0 Å². The Labute approximate surface area is 159 Å². The number of nitrogens with one attached hydrogen (secondary N) is 2. The van der Waals surface area contributed by atoms with Crippen LogP contribution in [0.2, 0.25) is 0 Å². The summed E-state index contributed by atoms with van der Waals surface area (Å²) in [5.74, 6) is -0.671. The minimum Gasteiger partial charge on any atom is -0.326 e. The van der Waals surface area contributed by atoms with Crippen LogP contribution in [0, 0.1) is 13.8 Å². The number of anilines is 3. The molecule has 144 valence electrons. The van der Waals surface area contributed by atoms with Crippen LogP contribution in [0.15, 0.2) is 42.5 Å². The number of benzene rings is 2. The van der Waals surface area contributed by atoms with Gasteiger partial charge in [0.15, 0.2) is 0 Å². The van der Waals surface area contributed by atoms with E-state index in [9.17, 15) is 18.0 Å². The molecule has 0 fully saturated rings. The molecule has 2 rings (SSSR count). The summed E-state index contributed by atoms with van der Waals surface area (Å²) in [5, 5.41) is 5.37. The minimum absolute atomic E-state index is 0.226. The zero-order valence-electron chi connectivity index (χ0n) is 15.7. The number of rotatable bonds is 6. The molecule has 0 aliphatic rings. The van der Waals surface area contributed by atoms with Gasteiger partial charge < -0.3 is 10.6 Å². The van der Waals surface area contributed by atoms with E-state index in [1.54, 1.807) is 12.1 Å². The average Bonchev–Trinajstić information content (AvgIpc) is 2.55. The van der Waals surface area contributed by atoms with Gasteiger partial charge in [-0.1, -0.05) is 12.1 Å². The third-order valence-corrected chi connectivity index (χ3v) is 4.97. The van der Waals surface area contributed by atoms with Gasteiger partial charge in [-0.05, 0) is 55.3 Å². The molecular formula is C19H23N3O4S. The van der Waals surface area contributed by atoms with Crippen molar-refractivity contribution in [1.29, 1.82) is 0 Å². The Kier molecular flexibility index (Phi) is 6.22. The minimum atomic E-state index is -3.67. The lowest BCUT2D eigenvalue weighted by Gasteiger charge is -2.22. The maximum absolute atomic E-state index is 12.4. The van der Waals surface area contributed by atoms with Crippen molar-refractivity contribution in [2.24, 2.45) is 0 Å². The van der Waals surface area contributed by atoms with Crippen molar-refractivity contribution in [3.63, 3.8) is 0 Å². The van der Waals surface area contributed by atoms with Gasteiger partial charge in [-0.3, -0.25) is 13.9 Å². The Morgan fingerprint density at radius 2 is 1.63 bits per heavy atom.